The third kappa shape index (κ3) is 2.87. The Morgan fingerprint density at radius 3 is 2.58 bits per heavy atom. The number of esters is 1. The summed E-state index contributed by atoms with van der Waals surface area (Å²) in [5, 5.41) is 0. The van der Waals surface area contributed by atoms with E-state index >= 15 is 0 Å². The van der Waals surface area contributed by atoms with Crippen molar-refractivity contribution in [2.45, 2.75) is 20.4 Å². The van der Waals surface area contributed by atoms with Gasteiger partial charge in [0.1, 0.15) is 6.54 Å². The Hall–Kier alpha value is -3.36. The molecule has 134 valence electrons. The average Bonchev–Trinajstić information content (AvgIpc) is 2.60. The molecule has 0 atom stereocenters. The van der Waals surface area contributed by atoms with E-state index in [1.165, 1.54) is 6.92 Å². The van der Waals surface area contributed by atoms with E-state index in [0.717, 1.165) is 0 Å². The Bertz CT molecular complexity index is 1130. The van der Waals surface area contributed by atoms with Crippen LogP contribution in [0.3, 0.4) is 0 Å². The Kier molecular flexibility index (Phi) is 4.37. The van der Waals surface area contributed by atoms with Gasteiger partial charge in [0.2, 0.25) is 0 Å². The van der Waals surface area contributed by atoms with E-state index < -0.39 is 23.8 Å². The Balaban J connectivity index is 2.29. The number of hydrogen-bond donors (Lipinski definition) is 0. The fourth-order valence-electron chi connectivity index (χ4n) is 2.67. The van der Waals surface area contributed by atoms with Gasteiger partial charge in [0.05, 0.1) is 17.6 Å². The highest BCUT2D eigenvalue weighted by atomic mass is 16.5. The number of aryl methyl sites for hydroxylation is 1. The number of Topliss-reactive ketones (excluding diaryl/α,β-unsaturated/α-hetero) is 1. The molecule has 0 N–H and O–H groups in total. The van der Waals surface area contributed by atoms with Crippen LogP contribution in [0, 0.1) is 0 Å². The van der Waals surface area contributed by atoms with Crippen LogP contribution >= 0.6 is 0 Å². The van der Waals surface area contributed by atoms with Gasteiger partial charge in [-0.05, 0) is 32.0 Å². The minimum Gasteiger partial charge on any atom is -0.465 e. The summed E-state index contributed by atoms with van der Waals surface area (Å²) in [6, 6.07) is 4.88. The fourth-order valence-corrected chi connectivity index (χ4v) is 2.67. The molecule has 9 heteroatoms. The molecule has 0 saturated heterocycles. The number of ketones is 1. The maximum absolute atomic E-state index is 12.7. The number of carbonyl (C=O) groups excluding carboxylic acids is 2. The lowest BCUT2D eigenvalue weighted by Gasteiger charge is -2.14. The third-order valence-electron chi connectivity index (χ3n) is 3.98. The molecule has 0 unspecified atom stereocenters. The van der Waals surface area contributed by atoms with Crippen LogP contribution in [0.5, 0.6) is 0 Å². The van der Waals surface area contributed by atoms with E-state index in [4.69, 9.17) is 4.74 Å². The van der Waals surface area contributed by atoms with Crippen molar-refractivity contribution in [3.63, 3.8) is 0 Å². The van der Waals surface area contributed by atoms with Gasteiger partial charge in [0, 0.05) is 12.6 Å². The number of ether oxygens (including phenoxy) is 1. The summed E-state index contributed by atoms with van der Waals surface area (Å²) in [6.07, 6.45) is 0. The monoisotopic (exact) mass is 356 g/mol. The van der Waals surface area contributed by atoms with Gasteiger partial charge in [-0.15, -0.1) is 0 Å². The van der Waals surface area contributed by atoms with Crippen LogP contribution in [-0.4, -0.2) is 37.5 Å². The number of nitrogens with zero attached hydrogens (tertiary/aromatic N) is 4. The molecule has 2 aliphatic heterocycles. The van der Waals surface area contributed by atoms with Gasteiger partial charge < -0.3 is 9.30 Å². The highest BCUT2D eigenvalue weighted by Gasteiger charge is 2.21. The zero-order valence-electron chi connectivity index (χ0n) is 14.5. The minimum absolute atomic E-state index is 0.0652. The molecule has 0 fully saturated rings. The lowest BCUT2D eigenvalue weighted by atomic mass is 10.1. The lowest BCUT2D eigenvalue weighted by Crippen LogP contribution is -2.40. The quantitative estimate of drug-likeness (QED) is 0.377. The van der Waals surface area contributed by atoms with Gasteiger partial charge >= 0.3 is 11.7 Å². The summed E-state index contributed by atoms with van der Waals surface area (Å²) in [6.45, 7) is 2.65. The molecule has 1 aromatic rings. The van der Waals surface area contributed by atoms with Crippen LogP contribution in [-0.2, 0) is 23.1 Å². The molecule has 2 heterocycles. The second kappa shape index (κ2) is 6.51. The molecule has 0 aliphatic carbocycles. The summed E-state index contributed by atoms with van der Waals surface area (Å²) in [4.78, 5) is 56.2. The highest BCUT2D eigenvalue weighted by Crippen LogP contribution is 2.20. The van der Waals surface area contributed by atoms with E-state index in [9.17, 15) is 19.2 Å². The SMILES string of the molecule is CCOC(=O)Cn1c(=O)nc2n(C)c3ccc(C(C)=O)cc3nc-2c1=O. The largest absolute Gasteiger partial charge is 0.465 e. The fraction of sp³-hybridized carbons (Fsp3) is 0.294. The Labute approximate surface area is 147 Å². The maximum atomic E-state index is 12.7. The van der Waals surface area contributed by atoms with Crippen LogP contribution in [0.4, 0.5) is 0 Å². The first-order valence-electron chi connectivity index (χ1n) is 7.91. The Morgan fingerprint density at radius 1 is 1.19 bits per heavy atom. The van der Waals surface area contributed by atoms with Gasteiger partial charge in [0.25, 0.3) is 5.56 Å². The summed E-state index contributed by atoms with van der Waals surface area (Å²) in [5.74, 6) is -0.746. The van der Waals surface area contributed by atoms with E-state index in [-0.39, 0.29) is 23.9 Å². The van der Waals surface area contributed by atoms with Crippen LogP contribution < -0.4 is 11.2 Å². The van der Waals surface area contributed by atoms with Gasteiger partial charge in [0.15, 0.2) is 17.3 Å². The zero-order valence-corrected chi connectivity index (χ0v) is 14.5. The third-order valence-corrected chi connectivity index (χ3v) is 3.98. The summed E-state index contributed by atoms with van der Waals surface area (Å²) in [7, 11) is 1.64. The normalized spacial score (nSPS) is 11.0. The van der Waals surface area contributed by atoms with Crippen molar-refractivity contribution in [3.05, 3.63) is 44.6 Å². The topological polar surface area (TPSA) is 113 Å². The van der Waals surface area contributed by atoms with Gasteiger partial charge in [-0.1, -0.05) is 0 Å². The van der Waals surface area contributed by atoms with E-state index in [1.807, 2.05) is 0 Å². The second-order valence-corrected chi connectivity index (χ2v) is 5.69. The summed E-state index contributed by atoms with van der Waals surface area (Å²) >= 11 is 0. The predicted molar refractivity (Wildman–Crippen MR) is 92.3 cm³/mol. The van der Waals surface area contributed by atoms with Crippen molar-refractivity contribution in [1.82, 2.24) is 19.1 Å². The second-order valence-electron chi connectivity index (χ2n) is 5.69. The van der Waals surface area contributed by atoms with Crippen LogP contribution in [0.25, 0.3) is 22.6 Å². The van der Waals surface area contributed by atoms with Crippen molar-refractivity contribution < 1.29 is 14.3 Å². The smallest absolute Gasteiger partial charge is 0.353 e. The lowest BCUT2D eigenvalue weighted by molar-refractivity contribution is -0.143. The zero-order chi connectivity index (χ0) is 19.0. The molecule has 1 aromatic carbocycles. The predicted octanol–water partition coefficient (Wildman–Crippen LogP) is 0.361. The van der Waals surface area contributed by atoms with Gasteiger partial charge in [-0.25, -0.2) is 14.3 Å². The molecule has 26 heavy (non-hydrogen) atoms. The number of fused-ring (bicyclic) bond motifs is 2. The van der Waals surface area contributed by atoms with E-state index in [2.05, 4.69) is 9.97 Å². The first kappa shape index (κ1) is 17.5. The number of rotatable bonds is 4. The highest BCUT2D eigenvalue weighted by molar-refractivity contribution is 5.97. The summed E-state index contributed by atoms with van der Waals surface area (Å²) < 4.78 is 7.02. The minimum atomic E-state index is -0.854. The molecule has 2 aliphatic rings. The van der Waals surface area contributed by atoms with Crippen LogP contribution in [0.15, 0.2) is 27.8 Å². The Morgan fingerprint density at radius 2 is 1.92 bits per heavy atom. The molecule has 0 spiro atoms. The molecule has 0 saturated carbocycles. The van der Waals surface area contributed by atoms with Crippen molar-refractivity contribution in [1.29, 1.82) is 0 Å². The van der Waals surface area contributed by atoms with Crippen molar-refractivity contribution in [3.8, 4) is 11.5 Å². The van der Waals surface area contributed by atoms with Gasteiger partial charge in [-0.3, -0.25) is 14.4 Å². The number of benzene rings is 1. The summed E-state index contributed by atoms with van der Waals surface area (Å²) in [5.41, 5.74) is -0.189. The number of hydrogen-bond acceptors (Lipinski definition) is 7. The van der Waals surface area contributed by atoms with Gasteiger partial charge in [-0.2, -0.15) is 4.98 Å². The van der Waals surface area contributed by atoms with Crippen molar-refractivity contribution in [2.24, 2.45) is 7.05 Å². The average molecular weight is 356 g/mol. The molecule has 0 amide bonds. The number of aromatic nitrogens is 4. The number of carbonyl (C=O) groups is 2. The van der Waals surface area contributed by atoms with E-state index in [1.54, 1.807) is 36.7 Å². The van der Waals surface area contributed by atoms with Crippen LogP contribution in [0.1, 0.15) is 24.2 Å². The molecule has 0 aromatic heterocycles. The molecule has 3 rings (SSSR count). The molecule has 9 nitrogen and oxygen atoms in total. The first-order valence-corrected chi connectivity index (χ1v) is 7.91. The standard InChI is InChI=1S/C17H16N4O5/c1-4-26-13(23)8-21-16(24)14-15(19-17(21)25)20(3)12-6-5-10(9(2)22)7-11(12)18-14/h5-7H,4,8H2,1-3H3. The maximum Gasteiger partial charge on any atom is 0.353 e. The first-order chi connectivity index (χ1) is 12.3. The molecule has 0 bridgehead atoms. The molecular weight excluding hydrogens is 340 g/mol. The molecule has 0 radical (unpaired) electrons. The van der Waals surface area contributed by atoms with Crippen molar-refractivity contribution in [2.75, 3.05) is 6.61 Å². The van der Waals surface area contributed by atoms with Crippen molar-refractivity contribution >= 4 is 22.8 Å². The van der Waals surface area contributed by atoms with Crippen LogP contribution in [0.2, 0.25) is 0 Å². The van der Waals surface area contributed by atoms with E-state index in [0.29, 0.717) is 21.2 Å². The molecular formula is C17H16N4O5.